The number of hydrogen-bond donors (Lipinski definition) is 1. The fourth-order valence-corrected chi connectivity index (χ4v) is 4.58. The molecule has 0 aliphatic heterocycles. The highest BCUT2D eigenvalue weighted by molar-refractivity contribution is 5.12. The van der Waals surface area contributed by atoms with Crippen molar-refractivity contribution in [3.05, 3.63) is 11.7 Å². The Labute approximate surface area is 115 Å². The van der Waals surface area contributed by atoms with E-state index < -0.39 is 0 Å². The van der Waals surface area contributed by atoms with Crippen LogP contribution >= 0.6 is 0 Å². The molecule has 0 spiro atoms. The zero-order chi connectivity index (χ0) is 13.7. The molecule has 3 atom stereocenters. The summed E-state index contributed by atoms with van der Waals surface area (Å²) in [6, 6.07) is 0.614. The maximum atomic E-state index is 5.17. The van der Waals surface area contributed by atoms with E-state index in [2.05, 4.69) is 36.2 Å². The largest absolute Gasteiger partial charge is 0.339 e. The molecule has 0 amide bonds. The third-order valence-corrected chi connectivity index (χ3v) is 5.53. The van der Waals surface area contributed by atoms with Gasteiger partial charge in [-0.05, 0) is 42.9 Å². The van der Waals surface area contributed by atoms with Crippen LogP contribution in [0.25, 0.3) is 0 Å². The fraction of sp³-hybridized carbons (Fsp3) is 0.867. The normalized spacial score (nSPS) is 36.0. The van der Waals surface area contributed by atoms with Gasteiger partial charge in [0.15, 0.2) is 5.82 Å². The molecule has 2 saturated carbocycles. The van der Waals surface area contributed by atoms with Gasteiger partial charge < -0.3 is 9.84 Å². The molecule has 2 bridgehead atoms. The fourth-order valence-electron chi connectivity index (χ4n) is 4.58. The van der Waals surface area contributed by atoms with Crippen LogP contribution in [0.2, 0.25) is 0 Å². The monoisotopic (exact) mass is 263 g/mol. The maximum Gasteiger partial charge on any atom is 0.227 e. The van der Waals surface area contributed by atoms with Gasteiger partial charge in [-0.3, -0.25) is 0 Å². The molecule has 106 valence electrons. The molecule has 0 radical (unpaired) electrons. The molecular formula is C15H25N3O. The summed E-state index contributed by atoms with van der Waals surface area (Å²) in [6.07, 6.45) is 4.99. The Bertz CT molecular complexity index is 463. The molecule has 1 heterocycles. The molecule has 19 heavy (non-hydrogen) atoms. The molecule has 1 aromatic rings. The van der Waals surface area contributed by atoms with Crippen LogP contribution in [0.3, 0.4) is 0 Å². The van der Waals surface area contributed by atoms with E-state index in [1.807, 2.05) is 6.92 Å². The van der Waals surface area contributed by atoms with Crippen LogP contribution in [0.5, 0.6) is 0 Å². The number of aromatic nitrogens is 2. The van der Waals surface area contributed by atoms with E-state index in [1.165, 1.54) is 19.3 Å². The summed E-state index contributed by atoms with van der Waals surface area (Å²) in [5.74, 6) is 2.36. The second-order valence-corrected chi connectivity index (χ2v) is 7.29. The van der Waals surface area contributed by atoms with E-state index in [9.17, 15) is 0 Å². The number of aryl methyl sites for hydroxylation is 1. The smallest absolute Gasteiger partial charge is 0.227 e. The third-order valence-electron chi connectivity index (χ3n) is 5.53. The summed E-state index contributed by atoms with van der Waals surface area (Å²) in [7, 11) is 0. The minimum Gasteiger partial charge on any atom is -0.339 e. The summed E-state index contributed by atoms with van der Waals surface area (Å²) in [5, 5.41) is 7.61. The zero-order valence-electron chi connectivity index (χ0n) is 12.5. The molecule has 4 heteroatoms. The van der Waals surface area contributed by atoms with E-state index in [1.54, 1.807) is 0 Å². The molecule has 2 aliphatic carbocycles. The third kappa shape index (κ3) is 2.10. The minimum absolute atomic E-state index is 0.414. The van der Waals surface area contributed by atoms with Crippen LogP contribution in [0, 0.1) is 23.7 Å². The second-order valence-electron chi connectivity index (χ2n) is 7.29. The average Bonchev–Trinajstić information content (AvgIpc) is 2.95. The van der Waals surface area contributed by atoms with Crippen LogP contribution < -0.4 is 5.32 Å². The van der Waals surface area contributed by atoms with Crippen molar-refractivity contribution in [2.45, 2.75) is 59.4 Å². The number of fused-ring (bicyclic) bond motifs is 2. The quantitative estimate of drug-likeness (QED) is 0.907. The van der Waals surface area contributed by atoms with E-state index in [4.69, 9.17) is 4.52 Å². The van der Waals surface area contributed by atoms with Gasteiger partial charge in [-0.25, -0.2) is 0 Å². The lowest BCUT2D eigenvalue weighted by Gasteiger charge is -2.43. The minimum atomic E-state index is 0.414. The first-order chi connectivity index (χ1) is 8.92. The molecule has 1 aromatic heterocycles. The highest BCUT2D eigenvalue weighted by atomic mass is 16.5. The van der Waals surface area contributed by atoms with E-state index >= 15 is 0 Å². The molecule has 2 aliphatic rings. The Kier molecular flexibility index (Phi) is 2.97. The van der Waals surface area contributed by atoms with E-state index in [0.717, 1.165) is 30.6 Å². The van der Waals surface area contributed by atoms with Crippen molar-refractivity contribution >= 4 is 0 Å². The van der Waals surface area contributed by atoms with Gasteiger partial charge >= 0.3 is 0 Å². The standard InChI is InChI=1S/C15H25N3O/c1-10-17-12(19-18-10)6-8-16-13-14(2,3)11-5-7-15(13,4)9-11/h11,13,16H,5-9H2,1-4H3/t11-,13?,15+/m0/s1. The Hall–Kier alpha value is -0.900. The Morgan fingerprint density at radius 2 is 2.16 bits per heavy atom. The van der Waals surface area contributed by atoms with Gasteiger partial charge in [0.25, 0.3) is 0 Å². The van der Waals surface area contributed by atoms with Crippen LogP contribution in [0.1, 0.15) is 51.7 Å². The van der Waals surface area contributed by atoms with Crippen molar-refractivity contribution in [3.63, 3.8) is 0 Å². The van der Waals surface area contributed by atoms with Crippen LogP contribution in [0.15, 0.2) is 4.52 Å². The first-order valence-corrected chi connectivity index (χ1v) is 7.44. The Morgan fingerprint density at radius 3 is 2.74 bits per heavy atom. The van der Waals surface area contributed by atoms with Gasteiger partial charge in [-0.1, -0.05) is 25.9 Å². The van der Waals surface area contributed by atoms with Crippen LogP contribution in [0.4, 0.5) is 0 Å². The number of hydrogen-bond acceptors (Lipinski definition) is 4. The first kappa shape index (κ1) is 13.1. The summed E-state index contributed by atoms with van der Waals surface area (Å²) >= 11 is 0. The van der Waals surface area contributed by atoms with Crippen LogP contribution in [-0.2, 0) is 6.42 Å². The number of rotatable bonds is 4. The van der Waals surface area contributed by atoms with Gasteiger partial charge in [0, 0.05) is 19.0 Å². The van der Waals surface area contributed by atoms with Gasteiger partial charge in [0.1, 0.15) is 0 Å². The van der Waals surface area contributed by atoms with E-state index in [0.29, 0.717) is 16.9 Å². The van der Waals surface area contributed by atoms with Crippen molar-refractivity contribution in [2.24, 2.45) is 16.7 Å². The highest BCUT2D eigenvalue weighted by Gasteiger charge is 2.58. The summed E-state index contributed by atoms with van der Waals surface area (Å²) < 4.78 is 5.17. The average molecular weight is 263 g/mol. The Morgan fingerprint density at radius 1 is 1.37 bits per heavy atom. The SMILES string of the molecule is Cc1noc(CCNC2C(C)(C)[C@H]3CC[C@]2(C)C3)n1. The predicted octanol–water partition coefficient (Wildman–Crippen LogP) is 2.72. The topological polar surface area (TPSA) is 51.0 Å². The second kappa shape index (κ2) is 4.30. The van der Waals surface area contributed by atoms with Gasteiger partial charge in [-0.2, -0.15) is 4.98 Å². The summed E-state index contributed by atoms with van der Waals surface area (Å²) in [6.45, 7) is 10.1. The predicted molar refractivity (Wildman–Crippen MR) is 73.8 cm³/mol. The summed E-state index contributed by atoms with van der Waals surface area (Å²) in [5.41, 5.74) is 0.899. The summed E-state index contributed by atoms with van der Waals surface area (Å²) in [4.78, 5) is 4.26. The van der Waals surface area contributed by atoms with Crippen molar-refractivity contribution in [1.82, 2.24) is 15.5 Å². The van der Waals surface area contributed by atoms with Gasteiger partial charge in [0.05, 0.1) is 0 Å². The van der Waals surface area contributed by atoms with Crippen molar-refractivity contribution < 1.29 is 4.52 Å². The molecule has 4 nitrogen and oxygen atoms in total. The van der Waals surface area contributed by atoms with Crippen molar-refractivity contribution in [2.75, 3.05) is 6.54 Å². The molecule has 3 rings (SSSR count). The first-order valence-electron chi connectivity index (χ1n) is 7.44. The maximum absolute atomic E-state index is 5.17. The van der Waals surface area contributed by atoms with Gasteiger partial charge in [0.2, 0.25) is 5.89 Å². The van der Waals surface area contributed by atoms with Crippen LogP contribution in [-0.4, -0.2) is 22.7 Å². The molecular weight excluding hydrogens is 238 g/mol. The van der Waals surface area contributed by atoms with E-state index in [-0.39, 0.29) is 0 Å². The number of nitrogens with zero attached hydrogens (tertiary/aromatic N) is 2. The van der Waals surface area contributed by atoms with Gasteiger partial charge in [-0.15, -0.1) is 0 Å². The number of nitrogens with one attached hydrogen (secondary N) is 1. The lowest BCUT2D eigenvalue weighted by Crippen LogP contribution is -2.50. The zero-order valence-corrected chi connectivity index (χ0v) is 12.5. The van der Waals surface area contributed by atoms with Crippen molar-refractivity contribution in [1.29, 1.82) is 0 Å². The molecule has 1 unspecified atom stereocenters. The lowest BCUT2D eigenvalue weighted by molar-refractivity contribution is 0.109. The lowest BCUT2D eigenvalue weighted by atomic mass is 9.68. The van der Waals surface area contributed by atoms with Crippen molar-refractivity contribution in [3.8, 4) is 0 Å². The highest BCUT2D eigenvalue weighted by Crippen LogP contribution is 2.62. The molecule has 2 fully saturated rings. The Balaban J connectivity index is 1.60. The molecule has 0 saturated heterocycles. The molecule has 1 N–H and O–H groups in total. The molecule has 0 aromatic carbocycles.